The summed E-state index contributed by atoms with van der Waals surface area (Å²) in [6.45, 7) is 1.91. The number of hydrogen-bond acceptors (Lipinski definition) is 2. The molecule has 1 N–H and O–H groups in total. The minimum atomic E-state index is -2.23. The Morgan fingerprint density at radius 3 is 2.53 bits per heavy atom. The van der Waals surface area contributed by atoms with Crippen LogP contribution in [0.2, 0.25) is 0 Å². The zero-order valence-corrected chi connectivity index (χ0v) is 8.57. The number of nitrogens with zero attached hydrogens (tertiary/aromatic N) is 1. The van der Waals surface area contributed by atoms with Crippen LogP contribution in [0.4, 0.5) is 4.39 Å². The molecule has 0 radical (unpaired) electrons. The summed E-state index contributed by atoms with van der Waals surface area (Å²) in [5.74, 6) is -1.16. The highest BCUT2D eigenvalue weighted by atomic mass is 19.1. The van der Waals surface area contributed by atoms with Crippen LogP contribution in [-0.4, -0.2) is 40.6 Å². The zero-order valence-electron chi connectivity index (χ0n) is 8.57. The Balaban J connectivity index is 1.98. The molecule has 1 aliphatic carbocycles. The van der Waals surface area contributed by atoms with Gasteiger partial charge < -0.3 is 10.0 Å². The second-order valence-corrected chi connectivity index (χ2v) is 4.60. The van der Waals surface area contributed by atoms with Crippen molar-refractivity contribution in [1.82, 2.24) is 4.90 Å². The van der Waals surface area contributed by atoms with Crippen molar-refractivity contribution in [2.75, 3.05) is 13.1 Å². The molecule has 0 spiro atoms. The number of carboxylic acids is 1. The molecule has 4 nitrogen and oxygen atoms in total. The molecule has 84 valence electrons. The van der Waals surface area contributed by atoms with Crippen molar-refractivity contribution in [2.24, 2.45) is 11.8 Å². The van der Waals surface area contributed by atoms with Crippen LogP contribution in [0.15, 0.2) is 0 Å². The molecule has 2 fully saturated rings. The first-order valence-electron chi connectivity index (χ1n) is 5.15. The van der Waals surface area contributed by atoms with Gasteiger partial charge in [-0.15, -0.1) is 0 Å². The van der Waals surface area contributed by atoms with Gasteiger partial charge in [-0.1, -0.05) is 6.92 Å². The Hall–Kier alpha value is -1.13. The van der Waals surface area contributed by atoms with Crippen LogP contribution in [-0.2, 0) is 9.59 Å². The number of hydrogen-bond donors (Lipinski definition) is 1. The van der Waals surface area contributed by atoms with Gasteiger partial charge in [0, 0.05) is 18.9 Å². The van der Waals surface area contributed by atoms with Crippen molar-refractivity contribution in [3.05, 3.63) is 0 Å². The van der Waals surface area contributed by atoms with Gasteiger partial charge in [-0.25, -0.2) is 9.18 Å². The van der Waals surface area contributed by atoms with Gasteiger partial charge in [-0.05, 0) is 12.3 Å². The molecule has 2 rings (SSSR count). The molecule has 0 aromatic heterocycles. The summed E-state index contributed by atoms with van der Waals surface area (Å²) in [6.07, 6.45) is 0.761. The SMILES string of the molecule is CC1CC1C(=O)N1CCC(F)(C(=O)O)C1. The maximum atomic E-state index is 13.6. The number of rotatable bonds is 2. The number of carbonyl (C=O) groups is 2. The number of halogens is 1. The fraction of sp³-hybridized carbons (Fsp3) is 0.800. The molecule has 3 atom stereocenters. The van der Waals surface area contributed by atoms with E-state index >= 15 is 0 Å². The third-order valence-electron chi connectivity index (χ3n) is 3.34. The van der Waals surface area contributed by atoms with Gasteiger partial charge in [0.2, 0.25) is 11.6 Å². The van der Waals surface area contributed by atoms with E-state index < -0.39 is 11.6 Å². The summed E-state index contributed by atoms with van der Waals surface area (Å²) >= 11 is 0. The Kier molecular flexibility index (Phi) is 2.20. The van der Waals surface area contributed by atoms with E-state index in [4.69, 9.17) is 5.11 Å². The van der Waals surface area contributed by atoms with Crippen LogP contribution in [0.1, 0.15) is 19.8 Å². The van der Waals surface area contributed by atoms with Crippen LogP contribution in [0, 0.1) is 11.8 Å². The molecule has 5 heteroatoms. The van der Waals surface area contributed by atoms with Crippen LogP contribution >= 0.6 is 0 Å². The molecule has 0 bridgehead atoms. The number of aliphatic carboxylic acids is 1. The largest absolute Gasteiger partial charge is 0.479 e. The maximum absolute atomic E-state index is 13.6. The minimum absolute atomic E-state index is 0.00106. The molecule has 1 amide bonds. The lowest BCUT2D eigenvalue weighted by Gasteiger charge is -2.17. The summed E-state index contributed by atoms with van der Waals surface area (Å²) in [6, 6.07) is 0. The topological polar surface area (TPSA) is 57.6 Å². The third kappa shape index (κ3) is 1.70. The summed E-state index contributed by atoms with van der Waals surface area (Å²) in [5.41, 5.74) is -2.23. The van der Waals surface area contributed by atoms with Crippen molar-refractivity contribution in [3.63, 3.8) is 0 Å². The molecule has 0 aromatic rings. The first-order chi connectivity index (χ1) is 6.94. The second kappa shape index (κ2) is 3.18. The minimum Gasteiger partial charge on any atom is -0.479 e. The molecule has 1 saturated carbocycles. The summed E-state index contributed by atoms with van der Waals surface area (Å²) in [7, 11) is 0. The van der Waals surface area contributed by atoms with E-state index in [1.54, 1.807) is 0 Å². The lowest BCUT2D eigenvalue weighted by Crippen LogP contribution is -2.39. The number of carboxylic acid groups (broad SMARTS) is 1. The standard InChI is InChI=1S/C10H14FNO3/c1-6-4-7(6)8(13)12-3-2-10(11,5-12)9(14)15/h6-7H,2-5H2,1H3,(H,14,15). The van der Waals surface area contributed by atoms with E-state index in [-0.39, 0.29) is 31.3 Å². The third-order valence-corrected chi connectivity index (χ3v) is 3.34. The van der Waals surface area contributed by atoms with Crippen LogP contribution < -0.4 is 0 Å². The molecule has 2 aliphatic rings. The predicted molar refractivity (Wildman–Crippen MR) is 49.9 cm³/mol. The zero-order chi connectivity index (χ0) is 11.2. The smallest absolute Gasteiger partial charge is 0.343 e. The fourth-order valence-electron chi connectivity index (χ4n) is 2.04. The molecular formula is C10H14FNO3. The van der Waals surface area contributed by atoms with Gasteiger partial charge >= 0.3 is 5.97 Å². The number of alkyl halides is 1. The Bertz CT molecular complexity index is 320. The van der Waals surface area contributed by atoms with E-state index in [0.29, 0.717) is 5.92 Å². The van der Waals surface area contributed by atoms with Crippen molar-refractivity contribution < 1.29 is 19.1 Å². The second-order valence-electron chi connectivity index (χ2n) is 4.60. The van der Waals surface area contributed by atoms with Crippen LogP contribution in [0.5, 0.6) is 0 Å². The summed E-state index contributed by atoms with van der Waals surface area (Å²) < 4.78 is 13.6. The highest BCUT2D eigenvalue weighted by Crippen LogP contribution is 2.40. The molecule has 3 unspecified atom stereocenters. The number of amides is 1. The van der Waals surface area contributed by atoms with Gasteiger partial charge in [-0.3, -0.25) is 4.79 Å². The molecule has 15 heavy (non-hydrogen) atoms. The molecule has 1 heterocycles. The first-order valence-corrected chi connectivity index (χ1v) is 5.15. The Morgan fingerprint density at radius 1 is 1.53 bits per heavy atom. The van der Waals surface area contributed by atoms with Crippen molar-refractivity contribution in [3.8, 4) is 0 Å². The van der Waals surface area contributed by atoms with E-state index in [1.165, 1.54) is 4.90 Å². The highest BCUT2D eigenvalue weighted by molar-refractivity contribution is 5.85. The van der Waals surface area contributed by atoms with E-state index in [1.807, 2.05) is 6.92 Å². The Morgan fingerprint density at radius 2 is 2.13 bits per heavy atom. The lowest BCUT2D eigenvalue weighted by molar-refractivity contribution is -0.150. The highest BCUT2D eigenvalue weighted by Gasteiger charge is 2.50. The van der Waals surface area contributed by atoms with E-state index in [2.05, 4.69) is 0 Å². The van der Waals surface area contributed by atoms with Gasteiger partial charge in [0.15, 0.2) is 0 Å². The monoisotopic (exact) mass is 215 g/mol. The van der Waals surface area contributed by atoms with Gasteiger partial charge in [0.05, 0.1) is 6.54 Å². The quantitative estimate of drug-likeness (QED) is 0.736. The normalized spacial score (nSPS) is 39.2. The number of likely N-dealkylation sites (tertiary alicyclic amines) is 1. The fourth-order valence-corrected chi connectivity index (χ4v) is 2.04. The molecule has 0 aromatic carbocycles. The van der Waals surface area contributed by atoms with E-state index in [9.17, 15) is 14.0 Å². The Labute approximate surface area is 87.1 Å². The van der Waals surface area contributed by atoms with Gasteiger partial charge in [0.1, 0.15) is 0 Å². The van der Waals surface area contributed by atoms with Crippen LogP contribution in [0.3, 0.4) is 0 Å². The molecular weight excluding hydrogens is 201 g/mol. The van der Waals surface area contributed by atoms with Crippen LogP contribution in [0.25, 0.3) is 0 Å². The summed E-state index contributed by atoms with van der Waals surface area (Å²) in [4.78, 5) is 23.7. The molecule has 1 aliphatic heterocycles. The van der Waals surface area contributed by atoms with Crippen molar-refractivity contribution >= 4 is 11.9 Å². The lowest BCUT2D eigenvalue weighted by atomic mass is 10.1. The van der Waals surface area contributed by atoms with E-state index in [0.717, 1.165) is 6.42 Å². The average molecular weight is 215 g/mol. The maximum Gasteiger partial charge on any atom is 0.343 e. The van der Waals surface area contributed by atoms with Gasteiger partial charge in [-0.2, -0.15) is 0 Å². The number of carbonyl (C=O) groups excluding carboxylic acids is 1. The summed E-state index contributed by atoms with van der Waals surface area (Å²) in [5, 5.41) is 8.67. The predicted octanol–water partition coefficient (Wildman–Crippen LogP) is 0.668. The first kappa shape index (κ1) is 10.4. The van der Waals surface area contributed by atoms with Crippen molar-refractivity contribution in [2.45, 2.75) is 25.4 Å². The molecule has 1 saturated heterocycles. The van der Waals surface area contributed by atoms with Gasteiger partial charge in [0.25, 0.3) is 0 Å². The average Bonchev–Trinajstić information content (AvgIpc) is 2.73. The van der Waals surface area contributed by atoms with Crippen molar-refractivity contribution in [1.29, 1.82) is 0 Å².